The first-order valence-corrected chi connectivity index (χ1v) is 10.4. The number of hydrogen-bond donors (Lipinski definition) is 0. The van der Waals surface area contributed by atoms with E-state index in [0.29, 0.717) is 18.0 Å². The number of nitrogens with zero attached hydrogens (tertiary/aromatic N) is 3. The Morgan fingerprint density at radius 2 is 1.79 bits per heavy atom. The van der Waals surface area contributed by atoms with E-state index in [2.05, 4.69) is 24.0 Å². The Balaban J connectivity index is 1.64. The molecule has 1 atom stereocenters. The van der Waals surface area contributed by atoms with E-state index in [9.17, 15) is 4.79 Å². The van der Waals surface area contributed by atoms with E-state index in [1.807, 2.05) is 36.4 Å². The second-order valence-electron chi connectivity index (χ2n) is 7.68. The minimum absolute atomic E-state index is 0.0669. The number of piperidine rings is 1. The van der Waals surface area contributed by atoms with E-state index >= 15 is 0 Å². The Morgan fingerprint density at radius 3 is 2.54 bits per heavy atom. The summed E-state index contributed by atoms with van der Waals surface area (Å²) in [5.41, 5.74) is 4.13. The first kappa shape index (κ1) is 19.2. The van der Waals surface area contributed by atoms with Crippen LogP contribution in [0.3, 0.4) is 0 Å². The highest BCUT2D eigenvalue weighted by Crippen LogP contribution is 2.35. The van der Waals surface area contributed by atoms with E-state index < -0.39 is 0 Å². The highest BCUT2D eigenvalue weighted by molar-refractivity contribution is 6.34. The smallest absolute Gasteiger partial charge is 0.257 e. The lowest BCUT2D eigenvalue weighted by Gasteiger charge is -2.29. The largest absolute Gasteiger partial charge is 0.294 e. The normalized spacial score (nSPS) is 20.3. The minimum atomic E-state index is -0.0789. The van der Waals surface area contributed by atoms with Crippen molar-refractivity contribution in [2.75, 3.05) is 19.6 Å². The quantitative estimate of drug-likeness (QED) is 0.744. The fraction of sp³-hybridized carbons (Fsp3) is 0.391. The van der Waals surface area contributed by atoms with Gasteiger partial charge in [-0.2, -0.15) is 5.10 Å². The van der Waals surface area contributed by atoms with Gasteiger partial charge < -0.3 is 0 Å². The number of hydrogen-bond acceptors (Lipinski definition) is 3. The summed E-state index contributed by atoms with van der Waals surface area (Å²) in [4.78, 5) is 15.5. The van der Waals surface area contributed by atoms with Crippen molar-refractivity contribution in [1.82, 2.24) is 9.91 Å². The zero-order valence-corrected chi connectivity index (χ0v) is 17.0. The van der Waals surface area contributed by atoms with Crippen LogP contribution >= 0.6 is 11.6 Å². The minimum Gasteiger partial charge on any atom is -0.294 e. The molecule has 0 N–H and O–H groups in total. The SMILES string of the molecule is Cc1ccccc1C1CC(c2ccccc2Cl)=NN1C(=O)CN1CCCCC1. The van der Waals surface area contributed by atoms with E-state index in [-0.39, 0.29) is 11.9 Å². The molecule has 2 aromatic rings. The van der Waals surface area contributed by atoms with Gasteiger partial charge in [-0.15, -0.1) is 0 Å². The van der Waals surface area contributed by atoms with Gasteiger partial charge in [0.1, 0.15) is 0 Å². The Morgan fingerprint density at radius 1 is 1.07 bits per heavy atom. The number of amides is 1. The standard InChI is InChI=1S/C23H26ClN3O/c1-17-9-3-4-10-18(17)22-15-21(19-11-5-6-12-20(19)24)25-27(22)23(28)16-26-13-7-2-8-14-26/h3-6,9-12,22H,2,7-8,13-16H2,1H3. The predicted octanol–water partition coefficient (Wildman–Crippen LogP) is 4.81. The van der Waals surface area contributed by atoms with Crippen LogP contribution in [0.25, 0.3) is 0 Å². The van der Waals surface area contributed by atoms with E-state index in [0.717, 1.165) is 29.9 Å². The van der Waals surface area contributed by atoms with Crippen LogP contribution < -0.4 is 0 Å². The van der Waals surface area contributed by atoms with Crippen molar-refractivity contribution in [2.24, 2.45) is 5.10 Å². The molecule has 0 radical (unpaired) electrons. The number of benzene rings is 2. The predicted molar refractivity (Wildman–Crippen MR) is 114 cm³/mol. The fourth-order valence-corrected chi connectivity index (χ4v) is 4.43. The van der Waals surface area contributed by atoms with Gasteiger partial charge in [-0.1, -0.05) is 60.5 Å². The Bertz CT molecular complexity index is 889. The lowest BCUT2D eigenvalue weighted by molar-refractivity contribution is -0.134. The van der Waals surface area contributed by atoms with E-state index in [1.165, 1.54) is 24.8 Å². The number of aryl methyl sites for hydroxylation is 1. The molecule has 1 fully saturated rings. The summed E-state index contributed by atoms with van der Waals surface area (Å²) in [6.07, 6.45) is 4.28. The van der Waals surface area contributed by atoms with Crippen LogP contribution in [0.1, 0.15) is 48.4 Å². The van der Waals surface area contributed by atoms with Gasteiger partial charge in [0, 0.05) is 17.0 Å². The number of carbonyl (C=O) groups excluding carboxylic acids is 1. The van der Waals surface area contributed by atoms with Crippen molar-refractivity contribution in [2.45, 2.75) is 38.6 Å². The van der Waals surface area contributed by atoms with Gasteiger partial charge in [-0.05, 0) is 50.0 Å². The first-order chi connectivity index (χ1) is 13.6. The third-order valence-electron chi connectivity index (χ3n) is 5.71. The van der Waals surface area contributed by atoms with Gasteiger partial charge in [0.05, 0.1) is 18.3 Å². The number of rotatable bonds is 4. The molecule has 2 aromatic carbocycles. The summed E-state index contributed by atoms with van der Waals surface area (Å²) in [7, 11) is 0. The van der Waals surface area contributed by atoms with Crippen LogP contribution in [-0.2, 0) is 4.79 Å². The second-order valence-corrected chi connectivity index (χ2v) is 8.09. The number of halogens is 1. The number of carbonyl (C=O) groups is 1. The Kier molecular flexibility index (Phi) is 5.79. The molecule has 1 amide bonds. The first-order valence-electron chi connectivity index (χ1n) is 10.1. The van der Waals surface area contributed by atoms with Crippen LogP contribution in [0.2, 0.25) is 5.02 Å². The third-order valence-corrected chi connectivity index (χ3v) is 6.04. The van der Waals surface area contributed by atoms with Gasteiger partial charge >= 0.3 is 0 Å². The van der Waals surface area contributed by atoms with Crippen molar-refractivity contribution in [3.8, 4) is 0 Å². The molecular weight excluding hydrogens is 370 g/mol. The summed E-state index contributed by atoms with van der Waals surface area (Å²) in [6, 6.07) is 15.9. The van der Waals surface area contributed by atoms with Crippen LogP contribution in [0.5, 0.6) is 0 Å². The molecule has 1 saturated heterocycles. The molecular formula is C23H26ClN3O. The van der Waals surface area contributed by atoms with Crippen molar-refractivity contribution in [3.05, 3.63) is 70.2 Å². The fourth-order valence-electron chi connectivity index (χ4n) is 4.18. The van der Waals surface area contributed by atoms with Crippen LogP contribution in [0.4, 0.5) is 0 Å². The second kappa shape index (κ2) is 8.46. The number of likely N-dealkylation sites (tertiary alicyclic amines) is 1. The van der Waals surface area contributed by atoms with Crippen molar-refractivity contribution < 1.29 is 4.79 Å². The summed E-state index contributed by atoms with van der Waals surface area (Å²) in [5.74, 6) is 0.0669. The summed E-state index contributed by atoms with van der Waals surface area (Å²) in [5, 5.41) is 7.15. The molecule has 28 heavy (non-hydrogen) atoms. The summed E-state index contributed by atoms with van der Waals surface area (Å²) in [6.45, 7) is 4.52. The molecule has 0 aliphatic carbocycles. The molecule has 2 aliphatic heterocycles. The zero-order valence-electron chi connectivity index (χ0n) is 16.3. The molecule has 4 nitrogen and oxygen atoms in total. The maximum Gasteiger partial charge on any atom is 0.257 e. The van der Waals surface area contributed by atoms with Gasteiger partial charge in [0.2, 0.25) is 0 Å². The highest BCUT2D eigenvalue weighted by Gasteiger charge is 2.35. The van der Waals surface area contributed by atoms with E-state index in [1.54, 1.807) is 5.01 Å². The van der Waals surface area contributed by atoms with Gasteiger partial charge in [-0.25, -0.2) is 5.01 Å². The Hall–Kier alpha value is -2.17. The van der Waals surface area contributed by atoms with Crippen LogP contribution in [-0.4, -0.2) is 41.2 Å². The van der Waals surface area contributed by atoms with Gasteiger partial charge in [0.25, 0.3) is 5.91 Å². The molecule has 2 aliphatic rings. The Labute approximate surface area is 171 Å². The molecule has 0 bridgehead atoms. The van der Waals surface area contributed by atoms with Crippen LogP contribution in [0, 0.1) is 6.92 Å². The zero-order chi connectivity index (χ0) is 19.5. The maximum atomic E-state index is 13.2. The van der Waals surface area contributed by atoms with Crippen LogP contribution in [0.15, 0.2) is 53.6 Å². The molecule has 146 valence electrons. The van der Waals surface area contributed by atoms with Gasteiger partial charge in [-0.3, -0.25) is 9.69 Å². The van der Waals surface area contributed by atoms with Crippen molar-refractivity contribution in [3.63, 3.8) is 0 Å². The molecule has 0 saturated carbocycles. The number of hydrazone groups is 1. The molecule has 5 heteroatoms. The average Bonchev–Trinajstić information content (AvgIpc) is 3.14. The van der Waals surface area contributed by atoms with Crippen molar-refractivity contribution >= 4 is 23.2 Å². The highest BCUT2D eigenvalue weighted by atomic mass is 35.5. The van der Waals surface area contributed by atoms with Gasteiger partial charge in [0.15, 0.2) is 0 Å². The molecule has 0 spiro atoms. The molecule has 4 rings (SSSR count). The lowest BCUT2D eigenvalue weighted by atomic mass is 9.95. The molecule has 2 heterocycles. The summed E-state index contributed by atoms with van der Waals surface area (Å²) < 4.78 is 0. The average molecular weight is 396 g/mol. The molecule has 1 unspecified atom stereocenters. The topological polar surface area (TPSA) is 35.9 Å². The summed E-state index contributed by atoms with van der Waals surface area (Å²) >= 11 is 6.42. The molecule has 0 aromatic heterocycles. The lowest BCUT2D eigenvalue weighted by Crippen LogP contribution is -2.40. The van der Waals surface area contributed by atoms with E-state index in [4.69, 9.17) is 16.7 Å². The third kappa shape index (κ3) is 3.98. The van der Waals surface area contributed by atoms with Crippen molar-refractivity contribution in [1.29, 1.82) is 0 Å². The monoisotopic (exact) mass is 395 g/mol. The maximum absolute atomic E-state index is 13.2.